The summed E-state index contributed by atoms with van der Waals surface area (Å²) >= 11 is 0. The first-order chi connectivity index (χ1) is 8.91. The van der Waals surface area contributed by atoms with Gasteiger partial charge in [-0.2, -0.15) is 17.0 Å². The van der Waals surface area contributed by atoms with Gasteiger partial charge in [-0.25, -0.2) is 0 Å². The van der Waals surface area contributed by atoms with Crippen molar-refractivity contribution in [2.24, 2.45) is 5.92 Å². The Hall–Kier alpha value is -0.170. The second-order valence-corrected chi connectivity index (χ2v) is 7.96. The Morgan fingerprint density at radius 2 is 1.84 bits per heavy atom. The lowest BCUT2D eigenvalue weighted by molar-refractivity contribution is 0.154. The van der Waals surface area contributed by atoms with Crippen LogP contribution in [0.1, 0.15) is 46.0 Å². The Kier molecular flexibility index (Phi) is 4.87. The molecule has 0 radical (unpaired) electrons. The van der Waals surface area contributed by atoms with Crippen LogP contribution >= 0.6 is 0 Å². The van der Waals surface area contributed by atoms with Gasteiger partial charge in [0.2, 0.25) is 0 Å². The molecule has 2 heterocycles. The molecule has 0 saturated carbocycles. The van der Waals surface area contributed by atoms with Crippen molar-refractivity contribution < 1.29 is 13.5 Å². The molecule has 0 amide bonds. The van der Waals surface area contributed by atoms with E-state index in [4.69, 9.17) is 0 Å². The zero-order chi connectivity index (χ0) is 14.0. The number of aliphatic hydroxyl groups is 1. The summed E-state index contributed by atoms with van der Waals surface area (Å²) in [5, 5.41) is 9.51. The van der Waals surface area contributed by atoms with Crippen LogP contribution in [0.25, 0.3) is 0 Å². The Morgan fingerprint density at radius 3 is 2.42 bits per heavy atom. The lowest BCUT2D eigenvalue weighted by Crippen LogP contribution is -2.49. The van der Waals surface area contributed by atoms with Crippen molar-refractivity contribution in [3.63, 3.8) is 0 Å². The molecule has 112 valence electrons. The van der Waals surface area contributed by atoms with Gasteiger partial charge in [0.1, 0.15) is 0 Å². The fraction of sp³-hybridized carbons (Fsp3) is 1.00. The maximum atomic E-state index is 12.7. The van der Waals surface area contributed by atoms with Gasteiger partial charge in [-0.1, -0.05) is 6.92 Å². The summed E-state index contributed by atoms with van der Waals surface area (Å²) in [5.74, 6) is 0.623. The van der Waals surface area contributed by atoms with E-state index in [1.807, 2.05) is 0 Å². The minimum atomic E-state index is -3.32. The third kappa shape index (κ3) is 3.48. The van der Waals surface area contributed by atoms with Crippen molar-refractivity contribution in [2.75, 3.05) is 19.6 Å². The second-order valence-electron chi connectivity index (χ2n) is 6.08. The van der Waals surface area contributed by atoms with Crippen LogP contribution in [-0.2, 0) is 10.2 Å². The first-order valence-electron chi connectivity index (χ1n) is 7.36. The standard InChI is InChI=1S/C13H26N2O3S/c1-11-5-8-14(9-6-11)19(17,18)15-7-3-4-13(15)10-12(2)16/h11-13,16H,3-10H2,1-2H3. The van der Waals surface area contributed by atoms with Crippen LogP contribution in [0.2, 0.25) is 0 Å². The predicted molar refractivity (Wildman–Crippen MR) is 74.9 cm³/mol. The number of piperidine rings is 1. The van der Waals surface area contributed by atoms with E-state index in [2.05, 4.69) is 6.92 Å². The monoisotopic (exact) mass is 290 g/mol. The minimum absolute atomic E-state index is 0.0238. The number of hydrogen-bond donors (Lipinski definition) is 1. The molecule has 19 heavy (non-hydrogen) atoms. The average Bonchev–Trinajstić information content (AvgIpc) is 2.77. The normalized spacial score (nSPS) is 29.7. The Labute approximate surface area is 116 Å². The van der Waals surface area contributed by atoms with Crippen molar-refractivity contribution in [2.45, 2.75) is 58.1 Å². The summed E-state index contributed by atoms with van der Waals surface area (Å²) in [5.41, 5.74) is 0. The molecule has 2 saturated heterocycles. The molecule has 2 atom stereocenters. The van der Waals surface area contributed by atoms with Crippen molar-refractivity contribution in [1.29, 1.82) is 0 Å². The molecule has 6 heteroatoms. The predicted octanol–water partition coefficient (Wildman–Crippen LogP) is 1.20. The molecular weight excluding hydrogens is 264 g/mol. The number of hydrogen-bond acceptors (Lipinski definition) is 3. The van der Waals surface area contributed by atoms with E-state index in [0.717, 1.165) is 25.7 Å². The van der Waals surface area contributed by atoms with Gasteiger partial charge in [-0.05, 0) is 44.9 Å². The van der Waals surface area contributed by atoms with Crippen LogP contribution in [0.5, 0.6) is 0 Å². The molecule has 1 N–H and O–H groups in total. The highest BCUT2D eigenvalue weighted by molar-refractivity contribution is 7.86. The fourth-order valence-electron chi connectivity index (χ4n) is 3.11. The lowest BCUT2D eigenvalue weighted by Gasteiger charge is -2.35. The Bertz CT molecular complexity index is 389. The zero-order valence-corrected chi connectivity index (χ0v) is 12.8. The van der Waals surface area contributed by atoms with Gasteiger partial charge in [0.25, 0.3) is 10.2 Å². The third-order valence-electron chi connectivity index (χ3n) is 4.30. The van der Waals surface area contributed by atoms with Crippen LogP contribution in [0.15, 0.2) is 0 Å². The highest BCUT2D eigenvalue weighted by atomic mass is 32.2. The van der Waals surface area contributed by atoms with Crippen molar-refractivity contribution in [3.05, 3.63) is 0 Å². The van der Waals surface area contributed by atoms with Gasteiger partial charge in [0.05, 0.1) is 6.10 Å². The molecule has 0 spiro atoms. The van der Waals surface area contributed by atoms with Gasteiger partial charge in [-0.15, -0.1) is 0 Å². The smallest absolute Gasteiger partial charge is 0.282 e. The molecular formula is C13H26N2O3S. The summed E-state index contributed by atoms with van der Waals surface area (Å²) < 4.78 is 28.6. The van der Waals surface area contributed by atoms with E-state index in [9.17, 15) is 13.5 Å². The van der Waals surface area contributed by atoms with Crippen molar-refractivity contribution in [3.8, 4) is 0 Å². The first kappa shape index (κ1) is 15.2. The van der Waals surface area contributed by atoms with Crippen LogP contribution in [-0.4, -0.2) is 53.9 Å². The van der Waals surface area contributed by atoms with Crippen LogP contribution in [0.4, 0.5) is 0 Å². The number of nitrogens with zero attached hydrogens (tertiary/aromatic N) is 2. The molecule has 0 aliphatic carbocycles. The highest BCUT2D eigenvalue weighted by Gasteiger charge is 2.39. The Morgan fingerprint density at radius 1 is 1.21 bits per heavy atom. The first-order valence-corrected chi connectivity index (χ1v) is 8.76. The van der Waals surface area contributed by atoms with E-state index in [0.29, 0.717) is 32.0 Å². The van der Waals surface area contributed by atoms with Crippen LogP contribution in [0, 0.1) is 5.92 Å². The SMILES string of the molecule is CC(O)CC1CCCN1S(=O)(=O)N1CCC(C)CC1. The van der Waals surface area contributed by atoms with E-state index < -0.39 is 16.3 Å². The summed E-state index contributed by atoms with van der Waals surface area (Å²) in [6, 6.07) is -0.0238. The van der Waals surface area contributed by atoms with E-state index in [1.54, 1.807) is 15.5 Å². The molecule has 2 rings (SSSR count). The third-order valence-corrected chi connectivity index (χ3v) is 6.39. The fourth-order valence-corrected chi connectivity index (χ4v) is 5.00. The molecule has 2 aliphatic rings. The molecule has 0 aromatic rings. The van der Waals surface area contributed by atoms with Crippen LogP contribution < -0.4 is 0 Å². The molecule has 2 unspecified atom stereocenters. The summed E-state index contributed by atoms with van der Waals surface area (Å²) in [7, 11) is -3.32. The largest absolute Gasteiger partial charge is 0.393 e. The molecule has 0 aromatic carbocycles. The van der Waals surface area contributed by atoms with Crippen molar-refractivity contribution in [1.82, 2.24) is 8.61 Å². The topological polar surface area (TPSA) is 60.9 Å². The van der Waals surface area contributed by atoms with Gasteiger partial charge >= 0.3 is 0 Å². The highest BCUT2D eigenvalue weighted by Crippen LogP contribution is 2.28. The van der Waals surface area contributed by atoms with Gasteiger partial charge in [0, 0.05) is 25.7 Å². The molecule has 0 aromatic heterocycles. The zero-order valence-electron chi connectivity index (χ0n) is 12.0. The van der Waals surface area contributed by atoms with E-state index >= 15 is 0 Å². The quantitative estimate of drug-likeness (QED) is 0.846. The van der Waals surface area contributed by atoms with Crippen LogP contribution in [0.3, 0.4) is 0 Å². The molecule has 0 bridgehead atoms. The molecule has 2 aliphatic heterocycles. The summed E-state index contributed by atoms with van der Waals surface area (Å²) in [4.78, 5) is 0. The summed E-state index contributed by atoms with van der Waals surface area (Å²) in [6.07, 6.45) is 3.78. The van der Waals surface area contributed by atoms with Gasteiger partial charge in [0.15, 0.2) is 0 Å². The van der Waals surface area contributed by atoms with E-state index in [1.165, 1.54) is 0 Å². The minimum Gasteiger partial charge on any atom is -0.393 e. The Balaban J connectivity index is 2.06. The maximum absolute atomic E-state index is 12.7. The lowest BCUT2D eigenvalue weighted by atomic mass is 10.0. The van der Waals surface area contributed by atoms with E-state index in [-0.39, 0.29) is 6.04 Å². The number of aliphatic hydroxyl groups excluding tert-OH is 1. The van der Waals surface area contributed by atoms with Gasteiger partial charge in [-0.3, -0.25) is 0 Å². The second kappa shape index (κ2) is 6.08. The molecule has 5 nitrogen and oxygen atoms in total. The summed E-state index contributed by atoms with van der Waals surface area (Å²) in [6.45, 7) is 5.79. The van der Waals surface area contributed by atoms with Crippen molar-refractivity contribution >= 4 is 10.2 Å². The molecule has 2 fully saturated rings. The maximum Gasteiger partial charge on any atom is 0.282 e. The number of rotatable bonds is 4. The average molecular weight is 290 g/mol. The van der Waals surface area contributed by atoms with Gasteiger partial charge < -0.3 is 5.11 Å².